The fraction of sp³-hybridized carbons (Fsp3) is 0.267. The molecule has 1 aromatic heterocycles. The number of carbonyl (C=O) groups excluding carboxylic acids is 2. The number of hydrogen-bond acceptors (Lipinski definition) is 3. The molecule has 1 heterocycles. The van der Waals surface area contributed by atoms with Crippen LogP contribution in [-0.2, 0) is 11.3 Å². The predicted octanol–water partition coefficient (Wildman–Crippen LogP) is 0.763. The second-order valence-corrected chi connectivity index (χ2v) is 4.84. The molecule has 0 aliphatic rings. The Labute approximate surface area is 122 Å². The van der Waals surface area contributed by atoms with Gasteiger partial charge in [0.05, 0.1) is 24.3 Å². The molecule has 110 valence electrons. The normalized spacial score (nSPS) is 10.4. The zero-order valence-electron chi connectivity index (χ0n) is 12.1. The molecule has 2 rings (SSSR count). The molecule has 6 heteroatoms. The Hall–Kier alpha value is -2.63. The van der Waals surface area contributed by atoms with Gasteiger partial charge in [0.25, 0.3) is 5.91 Å². The second kappa shape index (κ2) is 6.21. The fourth-order valence-corrected chi connectivity index (χ4v) is 2.19. The molecule has 0 saturated carbocycles. The first-order chi connectivity index (χ1) is 9.99. The lowest BCUT2D eigenvalue weighted by molar-refractivity contribution is -0.117. The summed E-state index contributed by atoms with van der Waals surface area (Å²) in [7, 11) is 0. The van der Waals surface area contributed by atoms with Crippen LogP contribution < -0.4 is 11.1 Å². The number of nitrogens with two attached hydrogens (primary N) is 1. The molecule has 0 saturated heterocycles. The summed E-state index contributed by atoms with van der Waals surface area (Å²) in [5, 5.41) is 6.88. The van der Waals surface area contributed by atoms with Gasteiger partial charge in [-0.15, -0.1) is 0 Å². The van der Waals surface area contributed by atoms with E-state index in [9.17, 15) is 9.59 Å². The van der Waals surface area contributed by atoms with Crippen molar-refractivity contribution in [1.29, 1.82) is 0 Å². The Morgan fingerprint density at radius 2 is 1.90 bits per heavy atom. The molecule has 0 aliphatic heterocycles. The Bertz CT molecular complexity index is 662. The molecular weight excluding hydrogens is 268 g/mol. The van der Waals surface area contributed by atoms with Gasteiger partial charge in [-0.2, -0.15) is 5.10 Å². The van der Waals surface area contributed by atoms with Crippen molar-refractivity contribution in [2.45, 2.75) is 20.4 Å². The average molecular weight is 286 g/mol. The quantitative estimate of drug-likeness (QED) is 0.850. The van der Waals surface area contributed by atoms with Gasteiger partial charge in [-0.3, -0.25) is 14.3 Å². The number of amides is 2. The van der Waals surface area contributed by atoms with Crippen LogP contribution >= 0.6 is 0 Å². The van der Waals surface area contributed by atoms with Crippen LogP contribution in [0.5, 0.6) is 0 Å². The topological polar surface area (TPSA) is 90.0 Å². The van der Waals surface area contributed by atoms with E-state index in [2.05, 4.69) is 10.4 Å². The summed E-state index contributed by atoms with van der Waals surface area (Å²) in [6, 6.07) is 9.88. The van der Waals surface area contributed by atoms with Crippen LogP contribution in [0, 0.1) is 13.8 Å². The highest BCUT2D eigenvalue weighted by atomic mass is 16.2. The monoisotopic (exact) mass is 286 g/mol. The molecule has 0 aliphatic carbocycles. The first-order valence-corrected chi connectivity index (χ1v) is 6.63. The van der Waals surface area contributed by atoms with E-state index in [0.717, 1.165) is 11.3 Å². The Morgan fingerprint density at radius 3 is 2.52 bits per heavy atom. The molecule has 2 amide bonds. The van der Waals surface area contributed by atoms with E-state index in [4.69, 9.17) is 5.73 Å². The number of carbonyl (C=O) groups is 2. The van der Waals surface area contributed by atoms with Crippen LogP contribution in [0.25, 0.3) is 0 Å². The van der Waals surface area contributed by atoms with Gasteiger partial charge in [0, 0.05) is 5.69 Å². The second-order valence-electron chi connectivity index (χ2n) is 4.84. The van der Waals surface area contributed by atoms with Gasteiger partial charge in [-0.25, -0.2) is 0 Å². The summed E-state index contributed by atoms with van der Waals surface area (Å²) in [6.45, 7) is 4.02. The van der Waals surface area contributed by atoms with Crippen molar-refractivity contribution < 1.29 is 9.59 Å². The SMILES string of the molecule is Cc1nn(Cc2ccccc2)c(C)c1C(=O)NCC(N)=O. The number of benzene rings is 1. The molecule has 0 fully saturated rings. The first-order valence-electron chi connectivity index (χ1n) is 6.63. The van der Waals surface area contributed by atoms with Crippen LogP contribution in [-0.4, -0.2) is 28.1 Å². The summed E-state index contributed by atoms with van der Waals surface area (Å²) < 4.78 is 1.78. The molecule has 3 N–H and O–H groups in total. The third-order valence-electron chi connectivity index (χ3n) is 3.21. The van der Waals surface area contributed by atoms with E-state index < -0.39 is 5.91 Å². The summed E-state index contributed by atoms with van der Waals surface area (Å²) in [5.41, 5.74) is 8.02. The van der Waals surface area contributed by atoms with E-state index in [0.29, 0.717) is 17.8 Å². The average Bonchev–Trinajstić information content (AvgIpc) is 2.72. The Morgan fingerprint density at radius 1 is 1.24 bits per heavy atom. The standard InChI is InChI=1S/C15H18N4O2/c1-10-14(15(21)17-8-13(16)20)11(2)19(18-10)9-12-6-4-3-5-7-12/h3-7H,8-9H2,1-2H3,(H2,16,20)(H,17,21). The highest BCUT2D eigenvalue weighted by Crippen LogP contribution is 2.14. The maximum Gasteiger partial charge on any atom is 0.255 e. The van der Waals surface area contributed by atoms with Crippen LogP contribution in [0.2, 0.25) is 0 Å². The largest absolute Gasteiger partial charge is 0.368 e. The van der Waals surface area contributed by atoms with Gasteiger partial charge >= 0.3 is 0 Å². The number of aryl methyl sites for hydroxylation is 1. The lowest BCUT2D eigenvalue weighted by Gasteiger charge is -2.06. The number of rotatable bonds is 5. The van der Waals surface area contributed by atoms with E-state index in [-0.39, 0.29) is 12.5 Å². The minimum absolute atomic E-state index is 0.179. The van der Waals surface area contributed by atoms with Gasteiger partial charge < -0.3 is 11.1 Å². The molecule has 0 bridgehead atoms. The van der Waals surface area contributed by atoms with Gasteiger partial charge in [0.1, 0.15) is 0 Å². The minimum atomic E-state index is -0.574. The Kier molecular flexibility index (Phi) is 4.37. The third-order valence-corrected chi connectivity index (χ3v) is 3.21. The van der Waals surface area contributed by atoms with Gasteiger partial charge in [0.2, 0.25) is 5.91 Å². The summed E-state index contributed by atoms with van der Waals surface area (Å²) >= 11 is 0. The highest BCUT2D eigenvalue weighted by molar-refractivity contribution is 5.98. The van der Waals surface area contributed by atoms with Crippen LogP contribution in [0.1, 0.15) is 27.3 Å². The van der Waals surface area contributed by atoms with Crippen molar-refractivity contribution in [3.63, 3.8) is 0 Å². The maximum atomic E-state index is 12.1. The highest BCUT2D eigenvalue weighted by Gasteiger charge is 2.18. The minimum Gasteiger partial charge on any atom is -0.368 e. The van der Waals surface area contributed by atoms with Crippen LogP contribution in [0.3, 0.4) is 0 Å². The summed E-state index contributed by atoms with van der Waals surface area (Å²) in [6.07, 6.45) is 0. The molecule has 21 heavy (non-hydrogen) atoms. The molecule has 2 aromatic rings. The number of nitrogens with zero attached hydrogens (tertiary/aromatic N) is 2. The predicted molar refractivity (Wildman–Crippen MR) is 78.8 cm³/mol. The summed E-state index contributed by atoms with van der Waals surface area (Å²) in [5.74, 6) is -0.904. The molecule has 1 aromatic carbocycles. The van der Waals surface area contributed by atoms with Crippen molar-refractivity contribution in [1.82, 2.24) is 15.1 Å². The Balaban J connectivity index is 2.21. The zero-order chi connectivity index (χ0) is 15.4. The first kappa shape index (κ1) is 14.8. The van der Waals surface area contributed by atoms with Crippen LogP contribution in [0.4, 0.5) is 0 Å². The maximum absolute atomic E-state index is 12.1. The van der Waals surface area contributed by atoms with E-state index in [1.54, 1.807) is 11.6 Å². The number of aromatic nitrogens is 2. The van der Waals surface area contributed by atoms with Crippen LogP contribution in [0.15, 0.2) is 30.3 Å². The zero-order valence-corrected chi connectivity index (χ0v) is 12.1. The number of primary amides is 1. The van der Waals surface area contributed by atoms with Gasteiger partial charge in [-0.1, -0.05) is 30.3 Å². The molecule has 0 unspecified atom stereocenters. The van der Waals surface area contributed by atoms with E-state index in [1.807, 2.05) is 37.3 Å². The molecule has 0 radical (unpaired) electrons. The number of hydrogen-bond donors (Lipinski definition) is 2. The van der Waals surface area contributed by atoms with Crippen molar-refractivity contribution in [3.8, 4) is 0 Å². The molecular formula is C15H18N4O2. The van der Waals surface area contributed by atoms with Gasteiger partial charge in [0.15, 0.2) is 0 Å². The van der Waals surface area contributed by atoms with Crippen molar-refractivity contribution in [3.05, 3.63) is 52.8 Å². The number of nitrogens with one attached hydrogen (secondary N) is 1. The smallest absolute Gasteiger partial charge is 0.255 e. The lowest BCUT2D eigenvalue weighted by Crippen LogP contribution is -2.33. The third kappa shape index (κ3) is 3.47. The lowest BCUT2D eigenvalue weighted by atomic mass is 10.1. The molecule has 6 nitrogen and oxygen atoms in total. The fourth-order valence-electron chi connectivity index (χ4n) is 2.19. The van der Waals surface area contributed by atoms with Crippen molar-refractivity contribution in [2.75, 3.05) is 6.54 Å². The molecule has 0 spiro atoms. The molecule has 0 atom stereocenters. The van der Waals surface area contributed by atoms with E-state index in [1.165, 1.54) is 0 Å². The van der Waals surface area contributed by atoms with Crippen molar-refractivity contribution in [2.24, 2.45) is 5.73 Å². The van der Waals surface area contributed by atoms with Crippen molar-refractivity contribution >= 4 is 11.8 Å². The van der Waals surface area contributed by atoms with E-state index >= 15 is 0 Å². The summed E-state index contributed by atoms with van der Waals surface area (Å²) in [4.78, 5) is 22.8. The van der Waals surface area contributed by atoms with Gasteiger partial charge in [-0.05, 0) is 19.4 Å².